The van der Waals surface area contributed by atoms with Crippen LogP contribution in [0, 0.1) is 5.95 Å². The van der Waals surface area contributed by atoms with Crippen molar-refractivity contribution in [3.05, 3.63) is 29.3 Å². The van der Waals surface area contributed by atoms with Gasteiger partial charge in [0.05, 0.1) is 5.69 Å². The lowest BCUT2D eigenvalue weighted by Gasteiger charge is -2.08. The van der Waals surface area contributed by atoms with Crippen molar-refractivity contribution in [3.63, 3.8) is 0 Å². The molecule has 0 spiro atoms. The van der Waals surface area contributed by atoms with E-state index in [1.54, 1.807) is 0 Å². The Morgan fingerprint density at radius 1 is 1.50 bits per heavy atom. The maximum Gasteiger partial charge on any atom is 0.213 e. The highest BCUT2D eigenvalue weighted by molar-refractivity contribution is 5.23. The SMILES string of the molecule is CCN1Cc2ccc(F)nc2C1. The standard InChI is InChI=1S/C9H11FN2/c1-2-12-5-7-3-4-9(10)11-8(7)6-12/h3-4H,2,5-6H2,1H3. The van der Waals surface area contributed by atoms with Crippen LogP contribution in [0.4, 0.5) is 4.39 Å². The molecule has 0 aromatic carbocycles. The highest BCUT2D eigenvalue weighted by atomic mass is 19.1. The Kier molecular flexibility index (Phi) is 1.81. The van der Waals surface area contributed by atoms with Crippen molar-refractivity contribution in [2.24, 2.45) is 0 Å². The van der Waals surface area contributed by atoms with E-state index >= 15 is 0 Å². The summed E-state index contributed by atoms with van der Waals surface area (Å²) < 4.78 is 12.7. The first-order valence-corrected chi connectivity index (χ1v) is 4.16. The zero-order valence-electron chi connectivity index (χ0n) is 7.05. The molecule has 0 radical (unpaired) electrons. The molecule has 2 heterocycles. The number of pyridine rings is 1. The molecule has 1 aliphatic heterocycles. The van der Waals surface area contributed by atoms with Crippen molar-refractivity contribution in [1.82, 2.24) is 9.88 Å². The Labute approximate surface area is 71.0 Å². The van der Waals surface area contributed by atoms with E-state index in [0.717, 1.165) is 25.3 Å². The lowest BCUT2D eigenvalue weighted by molar-refractivity contribution is 0.298. The van der Waals surface area contributed by atoms with Crippen LogP contribution >= 0.6 is 0 Å². The molecular weight excluding hydrogens is 155 g/mol. The van der Waals surface area contributed by atoms with Crippen molar-refractivity contribution >= 4 is 0 Å². The minimum absolute atomic E-state index is 0.369. The van der Waals surface area contributed by atoms with Crippen molar-refractivity contribution in [1.29, 1.82) is 0 Å². The molecule has 0 atom stereocenters. The van der Waals surface area contributed by atoms with Gasteiger partial charge in [-0.15, -0.1) is 0 Å². The van der Waals surface area contributed by atoms with Crippen molar-refractivity contribution < 1.29 is 4.39 Å². The molecule has 0 aliphatic carbocycles. The van der Waals surface area contributed by atoms with E-state index in [9.17, 15) is 4.39 Å². The van der Waals surface area contributed by atoms with Crippen molar-refractivity contribution in [2.75, 3.05) is 6.54 Å². The van der Waals surface area contributed by atoms with Gasteiger partial charge in [-0.05, 0) is 18.2 Å². The van der Waals surface area contributed by atoms with Gasteiger partial charge in [0.25, 0.3) is 0 Å². The molecule has 64 valence electrons. The van der Waals surface area contributed by atoms with E-state index in [4.69, 9.17) is 0 Å². The zero-order valence-corrected chi connectivity index (χ0v) is 7.05. The summed E-state index contributed by atoms with van der Waals surface area (Å²) in [5.41, 5.74) is 2.06. The van der Waals surface area contributed by atoms with Crippen LogP contribution in [0.15, 0.2) is 12.1 Å². The second kappa shape index (κ2) is 2.83. The highest BCUT2D eigenvalue weighted by Crippen LogP contribution is 2.19. The van der Waals surface area contributed by atoms with Gasteiger partial charge in [0.15, 0.2) is 0 Å². The summed E-state index contributed by atoms with van der Waals surface area (Å²) in [6.07, 6.45) is 0. The molecule has 0 amide bonds. The lowest BCUT2D eigenvalue weighted by atomic mass is 10.2. The van der Waals surface area contributed by atoms with E-state index in [1.807, 2.05) is 6.07 Å². The fourth-order valence-corrected chi connectivity index (χ4v) is 1.52. The van der Waals surface area contributed by atoms with E-state index in [1.165, 1.54) is 11.6 Å². The molecule has 2 nitrogen and oxygen atoms in total. The fourth-order valence-electron chi connectivity index (χ4n) is 1.52. The Morgan fingerprint density at radius 2 is 2.33 bits per heavy atom. The molecule has 0 bridgehead atoms. The molecule has 0 fully saturated rings. The largest absolute Gasteiger partial charge is 0.293 e. The summed E-state index contributed by atoms with van der Waals surface area (Å²) >= 11 is 0. The second-order valence-corrected chi connectivity index (χ2v) is 3.04. The van der Waals surface area contributed by atoms with Crippen molar-refractivity contribution in [3.8, 4) is 0 Å². The van der Waals surface area contributed by atoms with Crippen LogP contribution in [0.2, 0.25) is 0 Å². The van der Waals surface area contributed by atoms with Crippen LogP contribution in [0.5, 0.6) is 0 Å². The van der Waals surface area contributed by atoms with Crippen LogP contribution in [0.25, 0.3) is 0 Å². The maximum absolute atomic E-state index is 12.7. The van der Waals surface area contributed by atoms with Gasteiger partial charge in [-0.1, -0.05) is 13.0 Å². The molecule has 0 saturated heterocycles. The first-order chi connectivity index (χ1) is 5.79. The minimum atomic E-state index is -0.369. The summed E-state index contributed by atoms with van der Waals surface area (Å²) in [7, 11) is 0. The van der Waals surface area contributed by atoms with Crippen LogP contribution in [0.1, 0.15) is 18.2 Å². The molecule has 0 saturated carbocycles. The predicted molar refractivity (Wildman–Crippen MR) is 44.0 cm³/mol. The van der Waals surface area contributed by atoms with Gasteiger partial charge in [0.1, 0.15) is 0 Å². The van der Waals surface area contributed by atoms with Crippen LogP contribution in [-0.4, -0.2) is 16.4 Å². The average molecular weight is 166 g/mol. The molecule has 1 aliphatic rings. The van der Waals surface area contributed by atoms with Crippen LogP contribution in [0.3, 0.4) is 0 Å². The number of fused-ring (bicyclic) bond motifs is 1. The smallest absolute Gasteiger partial charge is 0.213 e. The van der Waals surface area contributed by atoms with E-state index in [2.05, 4.69) is 16.8 Å². The third kappa shape index (κ3) is 1.20. The molecule has 0 unspecified atom stereocenters. The van der Waals surface area contributed by atoms with Gasteiger partial charge in [0.2, 0.25) is 5.95 Å². The van der Waals surface area contributed by atoms with E-state index in [0.29, 0.717) is 0 Å². The number of halogens is 1. The van der Waals surface area contributed by atoms with E-state index in [-0.39, 0.29) is 5.95 Å². The topological polar surface area (TPSA) is 16.1 Å². The normalized spacial score (nSPS) is 16.5. The first kappa shape index (κ1) is 7.68. The summed E-state index contributed by atoms with van der Waals surface area (Å²) in [5.74, 6) is -0.369. The monoisotopic (exact) mass is 166 g/mol. The molecule has 12 heavy (non-hydrogen) atoms. The number of rotatable bonds is 1. The van der Waals surface area contributed by atoms with Crippen LogP contribution in [-0.2, 0) is 13.1 Å². The van der Waals surface area contributed by atoms with Crippen molar-refractivity contribution in [2.45, 2.75) is 20.0 Å². The summed E-state index contributed by atoms with van der Waals surface area (Å²) in [5, 5.41) is 0. The zero-order chi connectivity index (χ0) is 8.55. The second-order valence-electron chi connectivity index (χ2n) is 3.04. The van der Waals surface area contributed by atoms with Crippen LogP contribution < -0.4 is 0 Å². The summed E-state index contributed by atoms with van der Waals surface area (Å²) in [6, 6.07) is 3.26. The summed E-state index contributed by atoms with van der Waals surface area (Å²) in [4.78, 5) is 6.08. The third-order valence-corrected chi connectivity index (χ3v) is 2.25. The molecule has 1 aromatic heterocycles. The molecular formula is C9H11FN2. The Bertz CT molecular complexity index is 299. The average Bonchev–Trinajstić information content (AvgIpc) is 2.46. The Hall–Kier alpha value is -0.960. The van der Waals surface area contributed by atoms with Gasteiger partial charge in [0, 0.05) is 13.1 Å². The molecule has 3 heteroatoms. The Morgan fingerprint density at radius 3 is 3.08 bits per heavy atom. The first-order valence-electron chi connectivity index (χ1n) is 4.16. The third-order valence-electron chi connectivity index (χ3n) is 2.25. The Balaban J connectivity index is 2.30. The maximum atomic E-state index is 12.7. The quantitative estimate of drug-likeness (QED) is 0.588. The molecule has 1 aromatic rings. The molecule has 0 N–H and O–H groups in total. The molecule has 2 rings (SSSR count). The van der Waals surface area contributed by atoms with Gasteiger partial charge in [-0.2, -0.15) is 4.39 Å². The van der Waals surface area contributed by atoms with Gasteiger partial charge in [-0.3, -0.25) is 4.90 Å². The summed E-state index contributed by atoms with van der Waals surface area (Å²) in [6.45, 7) is 4.81. The van der Waals surface area contributed by atoms with Gasteiger partial charge in [-0.25, -0.2) is 4.98 Å². The minimum Gasteiger partial charge on any atom is -0.293 e. The van der Waals surface area contributed by atoms with E-state index < -0.39 is 0 Å². The number of nitrogens with zero attached hydrogens (tertiary/aromatic N) is 2. The highest BCUT2D eigenvalue weighted by Gasteiger charge is 2.18. The van der Waals surface area contributed by atoms with Gasteiger partial charge >= 0.3 is 0 Å². The number of hydrogen-bond donors (Lipinski definition) is 0. The lowest BCUT2D eigenvalue weighted by Crippen LogP contribution is -2.14. The number of aromatic nitrogens is 1. The van der Waals surface area contributed by atoms with Gasteiger partial charge < -0.3 is 0 Å². The number of hydrogen-bond acceptors (Lipinski definition) is 2. The predicted octanol–water partition coefficient (Wildman–Crippen LogP) is 1.56. The fraction of sp³-hybridized carbons (Fsp3) is 0.444.